The van der Waals surface area contributed by atoms with Crippen LogP contribution in [0.2, 0.25) is 0 Å². The number of aliphatic imine (C=N–C) groups is 2. The van der Waals surface area contributed by atoms with Crippen molar-refractivity contribution in [1.82, 2.24) is 30.2 Å². The number of hydrogen-bond donors (Lipinski definition) is 1. The highest BCUT2D eigenvalue weighted by molar-refractivity contribution is 7.85. The summed E-state index contributed by atoms with van der Waals surface area (Å²) < 4.78 is 12.0. The lowest BCUT2D eigenvalue weighted by Gasteiger charge is -2.36. The summed E-state index contributed by atoms with van der Waals surface area (Å²) in [4.78, 5) is 43.0. The normalized spacial score (nSPS) is 19.3. The van der Waals surface area contributed by atoms with Crippen molar-refractivity contribution in [3.8, 4) is 0 Å². The Balaban J connectivity index is 1.70. The Kier molecular flexibility index (Phi) is 8.79. The van der Waals surface area contributed by atoms with Crippen molar-refractivity contribution in [2.24, 2.45) is 9.98 Å². The number of piperazine rings is 1. The number of carbonyl (C=O) groups excluding carboxylic acids is 1. The summed E-state index contributed by atoms with van der Waals surface area (Å²) in [5, 5.41) is 3.22. The van der Waals surface area contributed by atoms with Gasteiger partial charge in [0.1, 0.15) is 18.7 Å². The fourth-order valence-corrected chi connectivity index (χ4v) is 4.95. The number of hydrogen-bond acceptors (Lipinski definition) is 8. The van der Waals surface area contributed by atoms with Crippen molar-refractivity contribution in [3.05, 3.63) is 59.3 Å². The van der Waals surface area contributed by atoms with Gasteiger partial charge in [-0.05, 0) is 52.5 Å². The Bertz CT molecular complexity index is 1390. The zero-order valence-corrected chi connectivity index (χ0v) is 24.3. The minimum absolute atomic E-state index is 0.0992. The second kappa shape index (κ2) is 12.1. The van der Waals surface area contributed by atoms with E-state index < -0.39 is 10.8 Å². The molecule has 10 nitrogen and oxygen atoms in total. The maximum Gasteiger partial charge on any atom is 0.295 e. The van der Waals surface area contributed by atoms with E-state index in [1.54, 1.807) is 23.6 Å². The second-order valence-electron chi connectivity index (χ2n) is 9.94. The van der Waals surface area contributed by atoms with Crippen LogP contribution in [-0.4, -0.2) is 58.4 Å². The van der Waals surface area contributed by atoms with Gasteiger partial charge in [0.15, 0.2) is 11.7 Å². The van der Waals surface area contributed by atoms with Crippen molar-refractivity contribution in [3.63, 3.8) is 0 Å². The summed E-state index contributed by atoms with van der Waals surface area (Å²) in [7, 11) is -1.13. The van der Waals surface area contributed by atoms with E-state index in [0.717, 1.165) is 41.8 Å². The Morgan fingerprint density at radius 1 is 1.21 bits per heavy atom. The first kappa shape index (κ1) is 28.4. The fraction of sp³-hybridized carbons (Fsp3) is 0.464. The lowest BCUT2D eigenvalue weighted by Crippen LogP contribution is -2.57. The molecule has 1 aliphatic carbocycles. The van der Waals surface area contributed by atoms with Crippen molar-refractivity contribution in [2.45, 2.75) is 84.2 Å². The molecule has 39 heavy (non-hydrogen) atoms. The van der Waals surface area contributed by atoms with Crippen LogP contribution in [0.5, 0.6) is 0 Å². The predicted octanol–water partition coefficient (Wildman–Crippen LogP) is 4.07. The fourth-order valence-electron chi connectivity index (χ4n) is 4.27. The van der Waals surface area contributed by atoms with Gasteiger partial charge >= 0.3 is 0 Å². The third kappa shape index (κ3) is 6.19. The Hall–Kier alpha value is -3.60. The van der Waals surface area contributed by atoms with Crippen LogP contribution in [0.3, 0.4) is 0 Å². The third-order valence-corrected chi connectivity index (χ3v) is 8.05. The Morgan fingerprint density at radius 2 is 1.90 bits per heavy atom. The lowest BCUT2D eigenvalue weighted by molar-refractivity contribution is -0.122. The number of carbonyl (C=O) groups is 1. The molecular formula is C28H36N8O2S. The SMILES string of the molecule is C=C(N=C1C(=C(C)C)NC(=NCc2ncc(S(=O)CC)cn2)C(=O)N1[C@@H](C)CC)c1c(C)ncnc1C1CC1. The number of aromatic nitrogens is 4. The zero-order valence-electron chi connectivity index (χ0n) is 23.5. The first-order valence-electron chi connectivity index (χ1n) is 13.3. The third-order valence-electron chi connectivity index (χ3n) is 6.79. The van der Waals surface area contributed by atoms with E-state index in [-0.39, 0.29) is 24.3 Å². The van der Waals surface area contributed by atoms with E-state index in [2.05, 4.69) is 36.8 Å². The summed E-state index contributed by atoms with van der Waals surface area (Å²) in [6.45, 7) is 16.1. The summed E-state index contributed by atoms with van der Waals surface area (Å²) in [6, 6.07) is -0.138. The Labute approximate surface area is 232 Å². The van der Waals surface area contributed by atoms with Gasteiger partial charge in [-0.3, -0.25) is 18.9 Å². The van der Waals surface area contributed by atoms with Gasteiger partial charge in [-0.15, -0.1) is 0 Å². The van der Waals surface area contributed by atoms with Gasteiger partial charge in [-0.2, -0.15) is 0 Å². The molecule has 2 atom stereocenters. The Morgan fingerprint density at radius 3 is 2.49 bits per heavy atom. The smallest absolute Gasteiger partial charge is 0.295 e. The van der Waals surface area contributed by atoms with Gasteiger partial charge in [0.2, 0.25) is 0 Å². The monoisotopic (exact) mass is 548 g/mol. The molecule has 2 aromatic rings. The second-order valence-corrected chi connectivity index (χ2v) is 11.7. The molecule has 2 fully saturated rings. The maximum absolute atomic E-state index is 13.8. The van der Waals surface area contributed by atoms with Crippen LogP contribution in [0.25, 0.3) is 5.70 Å². The molecular weight excluding hydrogens is 512 g/mol. The van der Waals surface area contributed by atoms with Crippen LogP contribution in [0.4, 0.5) is 0 Å². The van der Waals surface area contributed by atoms with Crippen LogP contribution in [0, 0.1) is 6.92 Å². The van der Waals surface area contributed by atoms with Crippen molar-refractivity contribution < 1.29 is 9.00 Å². The highest BCUT2D eigenvalue weighted by Gasteiger charge is 2.37. The van der Waals surface area contributed by atoms with Crippen molar-refractivity contribution in [1.29, 1.82) is 0 Å². The van der Waals surface area contributed by atoms with Crippen molar-refractivity contribution in [2.75, 3.05) is 5.75 Å². The quantitative estimate of drug-likeness (QED) is 0.501. The number of aryl methyl sites for hydroxylation is 1. The number of nitrogens with zero attached hydrogens (tertiary/aromatic N) is 7. The predicted molar refractivity (Wildman–Crippen MR) is 153 cm³/mol. The minimum atomic E-state index is -1.13. The van der Waals surface area contributed by atoms with Crippen LogP contribution in [0.15, 0.2) is 51.5 Å². The summed E-state index contributed by atoms with van der Waals surface area (Å²) in [6.07, 6.45) is 7.59. The molecule has 2 aliphatic rings. The highest BCUT2D eigenvalue weighted by Crippen LogP contribution is 2.42. The molecule has 206 valence electrons. The molecule has 11 heteroatoms. The number of amidine groups is 2. The average molecular weight is 549 g/mol. The average Bonchev–Trinajstić information content (AvgIpc) is 3.77. The van der Waals surface area contributed by atoms with Crippen molar-refractivity contribution >= 4 is 34.1 Å². The summed E-state index contributed by atoms with van der Waals surface area (Å²) in [5.41, 5.74) is 4.82. The molecule has 1 amide bonds. The number of rotatable bonds is 9. The van der Waals surface area contributed by atoms with E-state index >= 15 is 0 Å². The standard InChI is InChI=1S/C28H36N8O2S/c1-8-17(5)36-27(34-19(7)23-18(6)32-15-33-25(23)20-10-11-20)24(16(3)4)35-26(28(36)37)31-14-22-29-12-21(13-30-22)39(38)9-2/h12-13,15,17,20H,7-11,14H2,1-6H3,(H,31,35)/t17-,39?/m0/s1. The molecule has 1 unspecified atom stereocenters. The molecule has 0 aromatic carbocycles. The number of allylic oxidation sites excluding steroid dienone is 1. The largest absolute Gasteiger partial charge is 0.333 e. The van der Waals surface area contributed by atoms with E-state index in [4.69, 9.17) is 4.99 Å². The van der Waals surface area contributed by atoms with E-state index in [1.807, 2.05) is 41.5 Å². The molecule has 0 radical (unpaired) electrons. The number of nitrogens with one attached hydrogen (secondary N) is 1. The molecule has 1 aliphatic heterocycles. The van der Waals surface area contributed by atoms with Crippen LogP contribution >= 0.6 is 0 Å². The molecule has 1 saturated heterocycles. The first-order chi connectivity index (χ1) is 18.7. The molecule has 0 spiro atoms. The summed E-state index contributed by atoms with van der Waals surface area (Å²) in [5.74, 6) is 1.74. The first-order valence-corrected chi connectivity index (χ1v) is 14.6. The van der Waals surface area contributed by atoms with Crippen LogP contribution in [-0.2, 0) is 22.1 Å². The molecule has 4 rings (SSSR count). The van der Waals surface area contributed by atoms with Gasteiger partial charge in [0.25, 0.3) is 5.91 Å². The van der Waals surface area contributed by atoms with Gasteiger partial charge in [0.05, 0.1) is 38.5 Å². The maximum atomic E-state index is 13.8. The van der Waals surface area contributed by atoms with Gasteiger partial charge in [-0.25, -0.2) is 24.9 Å². The van der Waals surface area contributed by atoms with Gasteiger partial charge in [0, 0.05) is 35.7 Å². The molecule has 0 bridgehead atoms. The van der Waals surface area contributed by atoms with Gasteiger partial charge in [-0.1, -0.05) is 20.4 Å². The molecule has 1 saturated carbocycles. The van der Waals surface area contributed by atoms with E-state index in [1.165, 1.54) is 0 Å². The van der Waals surface area contributed by atoms with E-state index in [0.29, 0.717) is 39.6 Å². The lowest BCUT2D eigenvalue weighted by atomic mass is 10.0. The minimum Gasteiger partial charge on any atom is -0.333 e. The summed E-state index contributed by atoms with van der Waals surface area (Å²) >= 11 is 0. The molecule has 2 aromatic heterocycles. The molecule has 1 N–H and O–H groups in total. The van der Waals surface area contributed by atoms with E-state index in [9.17, 15) is 9.00 Å². The van der Waals surface area contributed by atoms with Crippen LogP contribution < -0.4 is 5.32 Å². The van der Waals surface area contributed by atoms with Crippen LogP contribution in [0.1, 0.15) is 82.6 Å². The highest BCUT2D eigenvalue weighted by atomic mass is 32.2. The molecule has 3 heterocycles. The van der Waals surface area contributed by atoms with Gasteiger partial charge < -0.3 is 5.32 Å². The number of amides is 1. The topological polar surface area (TPSA) is 126 Å². The zero-order chi connectivity index (χ0) is 28.3.